The summed E-state index contributed by atoms with van der Waals surface area (Å²) in [5, 5.41) is 2.46. The van der Waals surface area contributed by atoms with Gasteiger partial charge in [0.2, 0.25) is 0 Å². The standard InChI is InChI=1S/C10H11N/c1-7-6-9-4-3-5-10(9)11-8(7)2/h4-6H,3H2,1-2H3. The van der Waals surface area contributed by atoms with E-state index < -0.39 is 0 Å². The van der Waals surface area contributed by atoms with Gasteiger partial charge in [0.25, 0.3) is 0 Å². The maximum absolute atomic E-state index is 4.47. The van der Waals surface area contributed by atoms with Crippen LogP contribution in [0.3, 0.4) is 0 Å². The second-order valence-electron chi connectivity index (χ2n) is 3.01. The van der Waals surface area contributed by atoms with Crippen LogP contribution in [0.2, 0.25) is 0 Å². The van der Waals surface area contributed by atoms with Gasteiger partial charge in [-0.3, -0.25) is 4.98 Å². The Bertz CT molecular complexity index is 363. The molecule has 0 unspecified atom stereocenters. The predicted octanol–water partition coefficient (Wildman–Crippen LogP) is 0.663. The lowest BCUT2D eigenvalue weighted by Gasteiger charge is -1.95. The maximum Gasteiger partial charge on any atom is 0.0665 e. The topological polar surface area (TPSA) is 12.9 Å². The van der Waals surface area contributed by atoms with Gasteiger partial charge in [0.05, 0.1) is 5.35 Å². The van der Waals surface area contributed by atoms with E-state index in [1.165, 1.54) is 10.8 Å². The van der Waals surface area contributed by atoms with Crippen LogP contribution in [-0.4, -0.2) is 4.98 Å². The molecule has 1 heteroatoms. The number of hydrogen-bond acceptors (Lipinski definition) is 1. The summed E-state index contributed by atoms with van der Waals surface area (Å²) in [6.07, 6.45) is 5.43. The Morgan fingerprint density at radius 1 is 1.27 bits per heavy atom. The summed E-state index contributed by atoms with van der Waals surface area (Å²) in [4.78, 5) is 4.47. The number of hydrogen-bond donors (Lipinski definition) is 0. The molecule has 1 aliphatic rings. The van der Waals surface area contributed by atoms with Gasteiger partial charge in [-0.15, -0.1) is 0 Å². The molecule has 0 aromatic carbocycles. The van der Waals surface area contributed by atoms with Gasteiger partial charge in [0.15, 0.2) is 0 Å². The van der Waals surface area contributed by atoms with Gasteiger partial charge in [-0.2, -0.15) is 0 Å². The monoisotopic (exact) mass is 145 g/mol. The second-order valence-corrected chi connectivity index (χ2v) is 3.01. The highest BCUT2D eigenvalue weighted by Gasteiger charge is 1.97. The largest absolute Gasteiger partial charge is 0.253 e. The normalized spacial score (nSPS) is 13.6. The van der Waals surface area contributed by atoms with Crippen molar-refractivity contribution in [1.29, 1.82) is 0 Å². The molecule has 0 fully saturated rings. The van der Waals surface area contributed by atoms with E-state index in [1.54, 1.807) is 0 Å². The Morgan fingerprint density at radius 2 is 2.09 bits per heavy atom. The van der Waals surface area contributed by atoms with Crippen molar-refractivity contribution in [3.8, 4) is 0 Å². The van der Waals surface area contributed by atoms with Crippen molar-refractivity contribution in [2.45, 2.75) is 20.3 Å². The molecule has 0 amide bonds. The quantitative estimate of drug-likeness (QED) is 0.522. The molecular weight excluding hydrogens is 134 g/mol. The third-order valence-corrected chi connectivity index (χ3v) is 2.18. The molecule has 1 aromatic heterocycles. The molecule has 0 radical (unpaired) electrons. The Morgan fingerprint density at radius 3 is 2.91 bits per heavy atom. The average molecular weight is 145 g/mol. The third-order valence-electron chi connectivity index (χ3n) is 2.18. The fraction of sp³-hybridized carbons (Fsp3) is 0.300. The van der Waals surface area contributed by atoms with E-state index >= 15 is 0 Å². The molecule has 0 aliphatic heterocycles. The molecule has 0 atom stereocenters. The molecule has 0 bridgehead atoms. The van der Waals surface area contributed by atoms with Crippen molar-refractivity contribution in [3.05, 3.63) is 27.9 Å². The summed E-state index contributed by atoms with van der Waals surface area (Å²) in [5.41, 5.74) is 2.44. The summed E-state index contributed by atoms with van der Waals surface area (Å²) in [6, 6.07) is 2.21. The number of aromatic nitrogens is 1. The van der Waals surface area contributed by atoms with E-state index in [0.29, 0.717) is 0 Å². The van der Waals surface area contributed by atoms with E-state index in [4.69, 9.17) is 0 Å². The molecule has 2 rings (SSSR count). The van der Waals surface area contributed by atoms with Gasteiger partial charge in [-0.25, -0.2) is 0 Å². The van der Waals surface area contributed by atoms with Crippen LogP contribution >= 0.6 is 0 Å². The Hall–Kier alpha value is -1.11. The van der Waals surface area contributed by atoms with Gasteiger partial charge in [-0.05, 0) is 37.1 Å². The highest BCUT2D eigenvalue weighted by atomic mass is 14.7. The van der Waals surface area contributed by atoms with Crippen molar-refractivity contribution < 1.29 is 0 Å². The minimum atomic E-state index is 1.05. The molecule has 0 saturated carbocycles. The molecule has 1 heterocycles. The lowest BCUT2D eigenvalue weighted by atomic mass is 10.2. The molecule has 1 aliphatic carbocycles. The van der Waals surface area contributed by atoms with Crippen LogP contribution in [0.5, 0.6) is 0 Å². The van der Waals surface area contributed by atoms with Crippen molar-refractivity contribution in [3.63, 3.8) is 0 Å². The number of fused-ring (bicyclic) bond motifs is 1. The minimum absolute atomic E-state index is 1.05. The summed E-state index contributed by atoms with van der Waals surface area (Å²) >= 11 is 0. The van der Waals surface area contributed by atoms with Crippen LogP contribution < -0.4 is 10.6 Å². The SMILES string of the molecule is Cc1cc2c(nc1C)=CCC=2. The first-order valence-corrected chi connectivity index (χ1v) is 3.92. The van der Waals surface area contributed by atoms with Gasteiger partial charge in [-0.1, -0.05) is 12.2 Å². The summed E-state index contributed by atoms with van der Waals surface area (Å²) < 4.78 is 0. The number of nitrogens with zero attached hydrogens (tertiary/aromatic N) is 1. The van der Waals surface area contributed by atoms with Gasteiger partial charge < -0.3 is 0 Å². The van der Waals surface area contributed by atoms with E-state index in [1.807, 2.05) is 0 Å². The highest BCUT2D eigenvalue weighted by molar-refractivity contribution is 5.45. The van der Waals surface area contributed by atoms with Crippen LogP contribution in [-0.2, 0) is 0 Å². The van der Waals surface area contributed by atoms with Crippen LogP contribution in [0, 0.1) is 13.8 Å². The molecule has 1 nitrogen and oxygen atoms in total. The third kappa shape index (κ3) is 0.967. The van der Waals surface area contributed by atoms with Crippen molar-refractivity contribution in [1.82, 2.24) is 4.98 Å². The van der Waals surface area contributed by atoms with Gasteiger partial charge >= 0.3 is 0 Å². The highest BCUT2D eigenvalue weighted by Crippen LogP contribution is 1.97. The fourth-order valence-corrected chi connectivity index (χ4v) is 1.37. The zero-order chi connectivity index (χ0) is 7.84. The molecule has 11 heavy (non-hydrogen) atoms. The van der Waals surface area contributed by atoms with Crippen LogP contribution in [0.15, 0.2) is 6.07 Å². The first-order valence-electron chi connectivity index (χ1n) is 3.92. The van der Waals surface area contributed by atoms with Gasteiger partial charge in [0, 0.05) is 5.69 Å². The molecule has 56 valence electrons. The lowest BCUT2D eigenvalue weighted by Crippen LogP contribution is -2.26. The maximum atomic E-state index is 4.47. The molecular formula is C10H11N. The Balaban J connectivity index is 2.88. The Kier molecular flexibility index (Phi) is 1.31. The zero-order valence-corrected chi connectivity index (χ0v) is 6.89. The number of aryl methyl sites for hydroxylation is 2. The average Bonchev–Trinajstić information content (AvgIpc) is 2.36. The van der Waals surface area contributed by atoms with Crippen molar-refractivity contribution in [2.75, 3.05) is 0 Å². The fourth-order valence-electron chi connectivity index (χ4n) is 1.37. The number of rotatable bonds is 0. The lowest BCUT2D eigenvalue weighted by molar-refractivity contribution is 1.10. The molecule has 0 saturated heterocycles. The van der Waals surface area contributed by atoms with E-state index in [9.17, 15) is 0 Å². The van der Waals surface area contributed by atoms with Crippen LogP contribution in [0.25, 0.3) is 12.2 Å². The zero-order valence-electron chi connectivity index (χ0n) is 6.89. The van der Waals surface area contributed by atoms with E-state index in [-0.39, 0.29) is 0 Å². The summed E-state index contributed by atoms with van der Waals surface area (Å²) in [5.74, 6) is 0. The van der Waals surface area contributed by atoms with Crippen molar-refractivity contribution >= 4 is 12.2 Å². The first kappa shape index (κ1) is 6.59. The molecule has 0 spiro atoms. The van der Waals surface area contributed by atoms with Crippen LogP contribution in [0.4, 0.5) is 0 Å². The van der Waals surface area contributed by atoms with E-state index in [0.717, 1.165) is 17.5 Å². The molecule has 1 aromatic rings. The van der Waals surface area contributed by atoms with Crippen molar-refractivity contribution in [2.24, 2.45) is 0 Å². The predicted molar refractivity (Wildman–Crippen MR) is 46.5 cm³/mol. The number of pyridine rings is 1. The smallest absolute Gasteiger partial charge is 0.0665 e. The van der Waals surface area contributed by atoms with Crippen LogP contribution in [0.1, 0.15) is 17.7 Å². The first-order chi connectivity index (χ1) is 5.27. The Labute approximate surface area is 66.1 Å². The molecule has 0 N–H and O–H groups in total. The minimum Gasteiger partial charge on any atom is -0.253 e. The van der Waals surface area contributed by atoms with Gasteiger partial charge in [0.1, 0.15) is 0 Å². The summed E-state index contributed by atoms with van der Waals surface area (Å²) in [7, 11) is 0. The van der Waals surface area contributed by atoms with E-state index in [2.05, 4.69) is 37.0 Å². The second kappa shape index (κ2) is 2.19. The summed E-state index contributed by atoms with van der Waals surface area (Å²) in [6.45, 7) is 4.16.